The molecular weight excluding hydrogens is 270 g/mol. The number of hydrogen-bond acceptors (Lipinski definition) is 3. The molecule has 0 bridgehead atoms. The van der Waals surface area contributed by atoms with Crippen LogP contribution in [-0.2, 0) is 4.79 Å². The number of nitrogens with two attached hydrogens (primary N) is 1. The lowest BCUT2D eigenvalue weighted by Crippen LogP contribution is -2.37. The van der Waals surface area contributed by atoms with Gasteiger partial charge in [0, 0.05) is 12.7 Å². The minimum absolute atomic E-state index is 0.330. The first-order valence-electron chi connectivity index (χ1n) is 4.99. The highest BCUT2D eigenvalue weighted by Gasteiger charge is 2.24. The molecule has 1 heterocycles. The van der Waals surface area contributed by atoms with Crippen LogP contribution in [0.2, 0.25) is 0 Å². The molecular formula is C11H16BrN3O. The molecule has 0 radical (unpaired) electrons. The number of anilines is 1. The fraction of sp³-hybridized carbons (Fsp3) is 0.455. The highest BCUT2D eigenvalue weighted by molar-refractivity contribution is 9.10. The van der Waals surface area contributed by atoms with Crippen LogP contribution in [0.1, 0.15) is 19.4 Å². The van der Waals surface area contributed by atoms with Crippen molar-refractivity contribution in [2.75, 3.05) is 11.9 Å². The van der Waals surface area contributed by atoms with Gasteiger partial charge in [-0.1, -0.05) is 0 Å². The van der Waals surface area contributed by atoms with Gasteiger partial charge in [-0.05, 0) is 48.3 Å². The van der Waals surface area contributed by atoms with E-state index in [9.17, 15) is 4.79 Å². The average molecular weight is 286 g/mol. The number of carbonyl (C=O) groups excluding carboxylic acids is 1. The molecule has 0 unspecified atom stereocenters. The van der Waals surface area contributed by atoms with E-state index in [0.717, 1.165) is 15.9 Å². The number of amides is 1. The highest BCUT2D eigenvalue weighted by Crippen LogP contribution is 2.22. The Balaban J connectivity index is 2.72. The molecule has 0 aliphatic rings. The average Bonchev–Trinajstić information content (AvgIpc) is 2.16. The lowest BCUT2D eigenvalue weighted by Gasteiger charge is -2.21. The van der Waals surface area contributed by atoms with Gasteiger partial charge in [-0.25, -0.2) is 4.98 Å². The molecule has 1 aromatic heterocycles. The summed E-state index contributed by atoms with van der Waals surface area (Å²) in [5, 5.41) is 3.10. The summed E-state index contributed by atoms with van der Waals surface area (Å²) in [5.41, 5.74) is 5.77. The summed E-state index contributed by atoms with van der Waals surface area (Å²) in [6.07, 6.45) is 1.77. The quantitative estimate of drug-likeness (QED) is 0.890. The molecule has 0 aromatic carbocycles. The topological polar surface area (TPSA) is 68.0 Å². The monoisotopic (exact) mass is 285 g/mol. The minimum Gasteiger partial charge on any atom is -0.369 e. The summed E-state index contributed by atoms with van der Waals surface area (Å²) in [4.78, 5) is 15.4. The van der Waals surface area contributed by atoms with Crippen molar-refractivity contribution in [1.29, 1.82) is 0 Å². The van der Waals surface area contributed by atoms with E-state index in [1.54, 1.807) is 20.0 Å². The predicted octanol–water partition coefficient (Wildman–Crippen LogP) is 2.08. The van der Waals surface area contributed by atoms with Gasteiger partial charge in [0.2, 0.25) is 5.91 Å². The minimum atomic E-state index is -0.591. The zero-order valence-corrected chi connectivity index (χ0v) is 11.3. The lowest BCUT2D eigenvalue weighted by atomic mass is 9.93. The van der Waals surface area contributed by atoms with E-state index in [4.69, 9.17) is 5.73 Å². The van der Waals surface area contributed by atoms with Crippen LogP contribution in [0, 0.1) is 12.3 Å². The van der Waals surface area contributed by atoms with Crippen molar-refractivity contribution in [2.24, 2.45) is 11.1 Å². The maximum absolute atomic E-state index is 11.1. The van der Waals surface area contributed by atoms with Crippen molar-refractivity contribution < 1.29 is 4.79 Å². The summed E-state index contributed by atoms with van der Waals surface area (Å²) in [5.74, 6) is 0.392. The second-order valence-electron chi connectivity index (χ2n) is 4.44. The van der Waals surface area contributed by atoms with E-state index in [1.165, 1.54) is 0 Å². The third-order valence-electron chi connectivity index (χ3n) is 2.34. The number of pyridine rings is 1. The van der Waals surface area contributed by atoms with Crippen molar-refractivity contribution in [3.63, 3.8) is 0 Å². The van der Waals surface area contributed by atoms with Gasteiger partial charge in [-0.15, -0.1) is 0 Å². The van der Waals surface area contributed by atoms with Crippen molar-refractivity contribution in [3.8, 4) is 0 Å². The van der Waals surface area contributed by atoms with Gasteiger partial charge >= 0.3 is 0 Å². The van der Waals surface area contributed by atoms with E-state index in [-0.39, 0.29) is 5.91 Å². The summed E-state index contributed by atoms with van der Waals surface area (Å²) in [6.45, 7) is 6.01. The van der Waals surface area contributed by atoms with Gasteiger partial charge in [0.25, 0.3) is 0 Å². The van der Waals surface area contributed by atoms with E-state index < -0.39 is 5.41 Å². The van der Waals surface area contributed by atoms with Crippen LogP contribution in [0.4, 0.5) is 5.82 Å². The Morgan fingerprint density at radius 2 is 2.25 bits per heavy atom. The van der Waals surface area contributed by atoms with E-state index >= 15 is 0 Å². The normalized spacial score (nSPS) is 11.2. The second-order valence-corrected chi connectivity index (χ2v) is 5.30. The number of nitrogens with one attached hydrogen (secondary N) is 1. The van der Waals surface area contributed by atoms with Crippen LogP contribution in [0.3, 0.4) is 0 Å². The number of primary amides is 1. The van der Waals surface area contributed by atoms with Crippen LogP contribution < -0.4 is 11.1 Å². The van der Waals surface area contributed by atoms with Gasteiger partial charge in [-0.2, -0.15) is 0 Å². The molecule has 0 saturated carbocycles. The number of aromatic nitrogens is 1. The smallest absolute Gasteiger partial charge is 0.224 e. The lowest BCUT2D eigenvalue weighted by molar-refractivity contribution is -0.125. The molecule has 0 spiro atoms. The first kappa shape index (κ1) is 13.0. The van der Waals surface area contributed by atoms with Gasteiger partial charge in [0.15, 0.2) is 0 Å². The molecule has 0 atom stereocenters. The van der Waals surface area contributed by atoms with Crippen molar-refractivity contribution >= 4 is 27.7 Å². The molecule has 3 N–H and O–H groups in total. The number of nitrogens with zero attached hydrogens (tertiary/aromatic N) is 1. The molecule has 4 nitrogen and oxygen atoms in total. The van der Waals surface area contributed by atoms with Gasteiger partial charge in [0.05, 0.1) is 9.89 Å². The maximum Gasteiger partial charge on any atom is 0.224 e. The summed E-state index contributed by atoms with van der Waals surface area (Å²) < 4.78 is 0.882. The van der Waals surface area contributed by atoms with Crippen LogP contribution >= 0.6 is 15.9 Å². The first-order valence-corrected chi connectivity index (χ1v) is 5.78. The predicted molar refractivity (Wildman–Crippen MR) is 68.1 cm³/mol. The molecule has 1 amide bonds. The Hall–Kier alpha value is -1.10. The Kier molecular flexibility index (Phi) is 3.91. The molecule has 0 fully saturated rings. The molecule has 5 heteroatoms. The van der Waals surface area contributed by atoms with Crippen LogP contribution in [-0.4, -0.2) is 17.4 Å². The molecule has 0 aliphatic heterocycles. The fourth-order valence-electron chi connectivity index (χ4n) is 1.06. The summed E-state index contributed by atoms with van der Waals surface area (Å²) in [7, 11) is 0. The summed E-state index contributed by atoms with van der Waals surface area (Å²) >= 11 is 3.41. The molecule has 0 aliphatic carbocycles. The summed E-state index contributed by atoms with van der Waals surface area (Å²) in [6, 6.07) is 1.96. The van der Waals surface area contributed by atoms with Crippen LogP contribution in [0.5, 0.6) is 0 Å². The molecule has 1 rings (SSSR count). The first-order chi connectivity index (χ1) is 7.33. The van der Waals surface area contributed by atoms with Crippen molar-refractivity contribution in [1.82, 2.24) is 4.98 Å². The highest BCUT2D eigenvalue weighted by atomic mass is 79.9. The Bertz CT molecular complexity index is 404. The van der Waals surface area contributed by atoms with Crippen molar-refractivity contribution in [3.05, 3.63) is 22.3 Å². The molecule has 1 aromatic rings. The number of carbonyl (C=O) groups is 1. The zero-order chi connectivity index (χ0) is 12.3. The maximum atomic E-state index is 11.1. The van der Waals surface area contributed by atoms with Gasteiger partial charge in [0.1, 0.15) is 5.82 Å². The van der Waals surface area contributed by atoms with Gasteiger partial charge in [-0.3, -0.25) is 4.79 Å². The Morgan fingerprint density at radius 3 is 2.75 bits per heavy atom. The van der Waals surface area contributed by atoms with E-state index in [0.29, 0.717) is 6.54 Å². The van der Waals surface area contributed by atoms with Crippen molar-refractivity contribution in [2.45, 2.75) is 20.8 Å². The third-order valence-corrected chi connectivity index (χ3v) is 2.95. The SMILES string of the molecule is Cc1cnc(NCC(C)(C)C(N)=O)c(Br)c1. The van der Waals surface area contributed by atoms with Gasteiger partial charge < -0.3 is 11.1 Å². The second kappa shape index (κ2) is 4.82. The van der Waals surface area contributed by atoms with E-state index in [2.05, 4.69) is 26.2 Å². The van der Waals surface area contributed by atoms with E-state index in [1.807, 2.05) is 13.0 Å². The number of rotatable bonds is 4. The van der Waals surface area contributed by atoms with Crippen LogP contribution in [0.25, 0.3) is 0 Å². The fourth-order valence-corrected chi connectivity index (χ4v) is 1.66. The number of halogens is 1. The largest absolute Gasteiger partial charge is 0.369 e. The molecule has 88 valence electrons. The standard InChI is InChI=1S/C11H16BrN3O/c1-7-4-8(12)9(14-5-7)15-6-11(2,3)10(13)16/h4-5H,6H2,1-3H3,(H2,13,16)(H,14,15). The molecule has 16 heavy (non-hydrogen) atoms. The number of hydrogen-bond donors (Lipinski definition) is 2. The third kappa shape index (κ3) is 3.20. The number of aryl methyl sites for hydroxylation is 1. The zero-order valence-electron chi connectivity index (χ0n) is 9.67. The Morgan fingerprint density at radius 1 is 1.62 bits per heavy atom. The van der Waals surface area contributed by atoms with Crippen LogP contribution in [0.15, 0.2) is 16.7 Å². The Labute approximate surface area is 104 Å². The molecule has 0 saturated heterocycles.